The second kappa shape index (κ2) is 10.4. The van der Waals surface area contributed by atoms with E-state index in [2.05, 4.69) is 15.3 Å². The van der Waals surface area contributed by atoms with Crippen LogP contribution in [-0.4, -0.2) is 38.2 Å². The minimum absolute atomic E-state index is 0.0735. The highest BCUT2D eigenvalue weighted by Crippen LogP contribution is 2.28. The number of hydrogen-bond donors (Lipinski definition) is 1. The van der Waals surface area contributed by atoms with E-state index >= 15 is 0 Å². The average molecular weight is 520 g/mol. The Bertz CT molecular complexity index is 1500. The highest BCUT2D eigenvalue weighted by atomic mass is 35.5. The molecule has 0 atom stereocenters. The number of pyridine rings is 2. The van der Waals surface area contributed by atoms with Crippen LogP contribution in [0.4, 0.5) is 0 Å². The van der Waals surface area contributed by atoms with E-state index in [-0.39, 0.29) is 17.6 Å². The second-order valence-corrected chi connectivity index (χ2v) is 10.1. The number of methoxy groups -OCH3 is 1. The largest absolute Gasteiger partial charge is 0.481 e. The molecule has 0 unspecified atom stereocenters. The Labute approximate surface area is 220 Å². The minimum Gasteiger partial charge on any atom is -0.481 e. The number of amides is 1. The smallest absolute Gasteiger partial charge is 0.333 e. The molecular formula is C28H30ClN5O3. The number of nitrogens with one attached hydrogen (secondary N) is 1. The van der Waals surface area contributed by atoms with Gasteiger partial charge in [0.15, 0.2) is 0 Å². The van der Waals surface area contributed by atoms with Crippen molar-refractivity contribution in [3.05, 3.63) is 81.1 Å². The molecule has 5 rings (SSSR count). The van der Waals surface area contributed by atoms with Crippen molar-refractivity contribution in [1.29, 1.82) is 0 Å². The van der Waals surface area contributed by atoms with Crippen LogP contribution in [0.15, 0.2) is 53.6 Å². The number of fused-ring (bicyclic) bond motifs is 1. The third-order valence-corrected chi connectivity index (χ3v) is 7.47. The van der Waals surface area contributed by atoms with E-state index in [9.17, 15) is 9.59 Å². The lowest BCUT2D eigenvalue weighted by Gasteiger charge is -2.29. The number of aromatic nitrogens is 4. The molecule has 1 amide bonds. The van der Waals surface area contributed by atoms with Crippen molar-refractivity contribution in [3.8, 4) is 11.6 Å². The number of aryl methyl sites for hydroxylation is 2. The fraction of sp³-hybridized carbons (Fsp3) is 0.357. The Morgan fingerprint density at radius 1 is 1.11 bits per heavy atom. The first-order valence-corrected chi connectivity index (χ1v) is 12.9. The highest BCUT2D eigenvalue weighted by molar-refractivity contribution is 6.30. The summed E-state index contributed by atoms with van der Waals surface area (Å²) in [6.45, 7) is 4.46. The second-order valence-electron chi connectivity index (χ2n) is 9.71. The number of ether oxygens (including phenoxy) is 1. The maximum absolute atomic E-state index is 13.7. The van der Waals surface area contributed by atoms with Gasteiger partial charge in [-0.25, -0.2) is 9.78 Å². The molecule has 37 heavy (non-hydrogen) atoms. The zero-order valence-electron chi connectivity index (χ0n) is 21.2. The van der Waals surface area contributed by atoms with Crippen LogP contribution >= 0.6 is 11.6 Å². The summed E-state index contributed by atoms with van der Waals surface area (Å²) in [5.41, 5.74) is 4.65. The van der Waals surface area contributed by atoms with Crippen LogP contribution in [0.2, 0.25) is 5.02 Å². The number of imidazole rings is 1. The van der Waals surface area contributed by atoms with E-state index < -0.39 is 0 Å². The van der Waals surface area contributed by atoms with Crippen LogP contribution < -0.4 is 15.7 Å². The summed E-state index contributed by atoms with van der Waals surface area (Å²) < 4.78 is 8.81. The maximum atomic E-state index is 13.7. The summed E-state index contributed by atoms with van der Waals surface area (Å²) >= 11 is 6.04. The van der Waals surface area contributed by atoms with Gasteiger partial charge in [0.2, 0.25) is 5.88 Å². The maximum Gasteiger partial charge on any atom is 0.333 e. The average Bonchev–Trinajstić information content (AvgIpc) is 3.18. The molecule has 1 N–H and O–H groups in total. The molecular weight excluding hydrogens is 490 g/mol. The van der Waals surface area contributed by atoms with E-state index in [1.807, 2.05) is 35.8 Å². The summed E-state index contributed by atoms with van der Waals surface area (Å²) in [4.78, 5) is 35.0. The number of para-hydroxylation sites is 1. The molecule has 3 heterocycles. The molecule has 4 aromatic rings. The Kier molecular flexibility index (Phi) is 7.02. The van der Waals surface area contributed by atoms with Crippen molar-refractivity contribution in [1.82, 2.24) is 24.4 Å². The van der Waals surface area contributed by atoms with Crippen molar-refractivity contribution >= 4 is 28.5 Å². The number of carbonyl (C=O) groups excluding carboxylic acids is 1. The predicted octanol–water partition coefficient (Wildman–Crippen LogP) is 4.85. The van der Waals surface area contributed by atoms with Crippen LogP contribution in [0.25, 0.3) is 16.7 Å². The molecule has 0 saturated heterocycles. The molecule has 1 fully saturated rings. The van der Waals surface area contributed by atoms with E-state index in [0.29, 0.717) is 40.3 Å². The van der Waals surface area contributed by atoms with Crippen LogP contribution in [0.5, 0.6) is 5.88 Å². The molecule has 1 aliphatic carbocycles. The molecule has 0 spiro atoms. The molecule has 8 nitrogen and oxygen atoms in total. The first-order chi connectivity index (χ1) is 17.9. The third-order valence-electron chi connectivity index (χ3n) is 7.26. The number of carbonyl (C=O) groups is 1. The minimum atomic E-state index is -0.140. The molecule has 9 heteroatoms. The predicted molar refractivity (Wildman–Crippen MR) is 144 cm³/mol. The SMILES string of the molecule is COc1ccc(-n2c(=O)n(CC3CCC(NC(=O)c4cc(Cl)cnc4C)CC3)c3cccc(C)c32)cn1. The van der Waals surface area contributed by atoms with Gasteiger partial charge in [0.25, 0.3) is 5.91 Å². The molecule has 1 aliphatic rings. The zero-order chi connectivity index (χ0) is 26.1. The van der Waals surface area contributed by atoms with Crippen molar-refractivity contribution in [2.45, 2.75) is 52.1 Å². The zero-order valence-corrected chi connectivity index (χ0v) is 22.0. The van der Waals surface area contributed by atoms with Crippen molar-refractivity contribution in [2.24, 2.45) is 5.92 Å². The Hall–Kier alpha value is -3.65. The highest BCUT2D eigenvalue weighted by Gasteiger charge is 2.26. The standard InChI is InChI=1S/C28H30ClN5O3/c1-17-5-4-6-24-26(17)34(22-11-12-25(37-3)31-15-22)28(36)33(24)16-19-7-9-21(10-8-19)32-27(35)23-13-20(29)14-30-18(23)2/h4-6,11-15,19,21H,7-10,16H2,1-3H3,(H,32,35). The van der Waals surface area contributed by atoms with Gasteiger partial charge in [-0.2, -0.15) is 0 Å². The fourth-order valence-electron chi connectivity index (χ4n) is 5.26. The molecule has 192 valence electrons. The number of benzene rings is 1. The molecule has 1 aromatic carbocycles. The number of nitrogens with zero attached hydrogens (tertiary/aromatic N) is 4. The summed E-state index contributed by atoms with van der Waals surface area (Å²) in [6, 6.07) is 11.4. The van der Waals surface area contributed by atoms with E-state index in [1.54, 1.807) is 43.1 Å². The van der Waals surface area contributed by atoms with Gasteiger partial charge in [0.05, 0.1) is 46.3 Å². The topological polar surface area (TPSA) is 91.0 Å². The van der Waals surface area contributed by atoms with Crippen LogP contribution in [-0.2, 0) is 6.54 Å². The summed E-state index contributed by atoms with van der Waals surface area (Å²) in [7, 11) is 1.57. The van der Waals surface area contributed by atoms with Gasteiger partial charge in [-0.3, -0.25) is 18.9 Å². The number of rotatable bonds is 6. The molecule has 0 radical (unpaired) electrons. The normalized spacial score (nSPS) is 17.6. The third kappa shape index (κ3) is 4.98. The molecule has 0 aliphatic heterocycles. The summed E-state index contributed by atoms with van der Waals surface area (Å²) in [6.07, 6.45) is 6.78. The van der Waals surface area contributed by atoms with Crippen LogP contribution in [0.3, 0.4) is 0 Å². The number of halogens is 1. The quantitative estimate of drug-likeness (QED) is 0.393. The van der Waals surface area contributed by atoms with Crippen LogP contribution in [0.1, 0.15) is 47.3 Å². The Morgan fingerprint density at radius 3 is 2.59 bits per heavy atom. The van der Waals surface area contributed by atoms with Gasteiger partial charge >= 0.3 is 5.69 Å². The van der Waals surface area contributed by atoms with Gasteiger partial charge in [-0.05, 0) is 69.2 Å². The lowest BCUT2D eigenvalue weighted by molar-refractivity contribution is 0.0919. The summed E-state index contributed by atoms with van der Waals surface area (Å²) in [5.74, 6) is 0.704. The first-order valence-electron chi connectivity index (χ1n) is 12.5. The monoisotopic (exact) mass is 519 g/mol. The Morgan fingerprint density at radius 2 is 1.89 bits per heavy atom. The van der Waals surface area contributed by atoms with Crippen molar-refractivity contribution < 1.29 is 9.53 Å². The fourth-order valence-corrected chi connectivity index (χ4v) is 5.42. The van der Waals surface area contributed by atoms with Crippen molar-refractivity contribution in [3.63, 3.8) is 0 Å². The van der Waals surface area contributed by atoms with Gasteiger partial charge in [0, 0.05) is 24.8 Å². The van der Waals surface area contributed by atoms with E-state index in [0.717, 1.165) is 42.3 Å². The Balaban J connectivity index is 1.33. The van der Waals surface area contributed by atoms with Gasteiger partial charge in [0.1, 0.15) is 0 Å². The molecule has 1 saturated carbocycles. The van der Waals surface area contributed by atoms with E-state index in [4.69, 9.17) is 16.3 Å². The lowest BCUT2D eigenvalue weighted by Crippen LogP contribution is -2.39. The summed E-state index contributed by atoms with van der Waals surface area (Å²) in [5, 5.41) is 3.59. The number of hydrogen-bond acceptors (Lipinski definition) is 5. The first kappa shape index (κ1) is 25.0. The molecule has 3 aromatic heterocycles. The van der Waals surface area contributed by atoms with Crippen LogP contribution in [0, 0.1) is 19.8 Å². The van der Waals surface area contributed by atoms with E-state index in [1.165, 1.54) is 0 Å². The van der Waals surface area contributed by atoms with Gasteiger partial charge in [-0.1, -0.05) is 23.7 Å². The molecule has 0 bridgehead atoms. The lowest BCUT2D eigenvalue weighted by atomic mass is 9.85. The van der Waals surface area contributed by atoms with Gasteiger partial charge in [-0.15, -0.1) is 0 Å². The van der Waals surface area contributed by atoms with Crippen molar-refractivity contribution in [2.75, 3.05) is 7.11 Å². The van der Waals surface area contributed by atoms with Gasteiger partial charge < -0.3 is 10.1 Å².